The Morgan fingerprint density at radius 1 is 1.33 bits per heavy atom. The van der Waals surface area contributed by atoms with Crippen LogP contribution in [-0.2, 0) is 4.74 Å². The molecule has 0 fully saturated rings. The Balaban J connectivity index is 2.66. The Labute approximate surface area is 105 Å². The van der Waals surface area contributed by atoms with Gasteiger partial charge in [-0.2, -0.15) is 0 Å². The number of carbonyl (C=O) groups is 2. The fraction of sp³-hybridized carbons (Fsp3) is 0.286. The highest BCUT2D eigenvalue weighted by Gasteiger charge is 2.18. The van der Waals surface area contributed by atoms with E-state index in [0.717, 1.165) is 10.9 Å². The van der Waals surface area contributed by atoms with Gasteiger partial charge in [0.2, 0.25) is 0 Å². The maximum Gasteiger partial charge on any atom is 0.355 e. The number of esters is 1. The number of carbonyl (C=O) groups excluding carboxylic acids is 2. The highest BCUT2D eigenvalue weighted by molar-refractivity contribution is 6.09. The van der Waals surface area contributed by atoms with Gasteiger partial charge in [0.05, 0.1) is 12.1 Å². The van der Waals surface area contributed by atoms with Crippen LogP contribution in [0.1, 0.15) is 40.3 Å². The number of aryl methyl sites for hydroxylation is 1. The number of ether oxygens (including phenoxy) is 1. The highest BCUT2D eigenvalue weighted by Crippen LogP contribution is 2.25. The Kier molecular flexibility index (Phi) is 3.19. The van der Waals surface area contributed by atoms with Gasteiger partial charge in [-0.1, -0.05) is 12.1 Å². The molecule has 0 radical (unpaired) electrons. The maximum atomic E-state index is 11.8. The molecule has 2 rings (SSSR count). The van der Waals surface area contributed by atoms with Crippen molar-refractivity contribution in [3.05, 3.63) is 35.0 Å². The number of ketones is 1. The molecule has 0 unspecified atom stereocenters. The van der Waals surface area contributed by atoms with Crippen molar-refractivity contribution < 1.29 is 14.3 Å². The van der Waals surface area contributed by atoms with E-state index in [9.17, 15) is 9.59 Å². The Bertz CT molecular complexity index is 625. The van der Waals surface area contributed by atoms with Crippen molar-refractivity contribution in [2.45, 2.75) is 20.8 Å². The van der Waals surface area contributed by atoms with Crippen LogP contribution >= 0.6 is 0 Å². The van der Waals surface area contributed by atoms with Crippen LogP contribution in [0, 0.1) is 6.92 Å². The van der Waals surface area contributed by atoms with E-state index >= 15 is 0 Å². The quantitative estimate of drug-likeness (QED) is 0.668. The third-order valence-electron chi connectivity index (χ3n) is 2.95. The summed E-state index contributed by atoms with van der Waals surface area (Å²) in [6.07, 6.45) is 0. The van der Waals surface area contributed by atoms with E-state index < -0.39 is 0 Å². The number of Topliss-reactive ketones (excluding diaryl/α,β-unsaturated/α-hetero) is 1. The first kappa shape index (κ1) is 12.4. The van der Waals surface area contributed by atoms with Crippen molar-refractivity contribution in [3.8, 4) is 0 Å². The standard InChI is InChI=1S/C14H15NO3/c1-4-18-14(17)12-8(2)10-6-5-7-11(9(3)16)13(10)15-12/h5-7,15H,4H2,1-3H3. The van der Waals surface area contributed by atoms with Crippen molar-refractivity contribution in [3.63, 3.8) is 0 Å². The monoisotopic (exact) mass is 245 g/mol. The first-order valence-corrected chi connectivity index (χ1v) is 5.85. The minimum atomic E-state index is -0.388. The first-order valence-electron chi connectivity index (χ1n) is 5.85. The summed E-state index contributed by atoms with van der Waals surface area (Å²) in [5, 5.41) is 0.880. The van der Waals surface area contributed by atoms with Crippen LogP contribution in [0.2, 0.25) is 0 Å². The molecule has 0 saturated carbocycles. The van der Waals surface area contributed by atoms with Crippen molar-refractivity contribution in [2.24, 2.45) is 0 Å². The normalized spacial score (nSPS) is 10.6. The molecule has 0 bridgehead atoms. The van der Waals surface area contributed by atoms with Crippen molar-refractivity contribution in [1.29, 1.82) is 0 Å². The largest absolute Gasteiger partial charge is 0.461 e. The smallest absolute Gasteiger partial charge is 0.355 e. The Hall–Kier alpha value is -2.10. The molecule has 1 aromatic heterocycles. The summed E-state index contributed by atoms with van der Waals surface area (Å²) in [6.45, 7) is 5.44. The van der Waals surface area contributed by atoms with Crippen LogP contribution in [0.25, 0.3) is 10.9 Å². The summed E-state index contributed by atoms with van der Waals surface area (Å²) in [6, 6.07) is 5.45. The number of benzene rings is 1. The van der Waals surface area contributed by atoms with Crippen molar-refractivity contribution >= 4 is 22.7 Å². The molecule has 4 nitrogen and oxygen atoms in total. The van der Waals surface area contributed by atoms with E-state index in [-0.39, 0.29) is 11.8 Å². The number of aromatic nitrogens is 1. The van der Waals surface area contributed by atoms with Gasteiger partial charge < -0.3 is 9.72 Å². The average Bonchev–Trinajstić information content (AvgIpc) is 2.67. The van der Waals surface area contributed by atoms with Gasteiger partial charge in [0.15, 0.2) is 5.78 Å². The third-order valence-corrected chi connectivity index (χ3v) is 2.95. The molecule has 1 N–H and O–H groups in total. The molecule has 2 aromatic rings. The first-order chi connectivity index (χ1) is 8.56. The Morgan fingerprint density at radius 2 is 2.06 bits per heavy atom. The summed E-state index contributed by atoms with van der Waals surface area (Å²) >= 11 is 0. The minimum Gasteiger partial charge on any atom is -0.461 e. The summed E-state index contributed by atoms with van der Waals surface area (Å²) in [7, 11) is 0. The lowest BCUT2D eigenvalue weighted by Gasteiger charge is -1.99. The number of para-hydroxylation sites is 1. The van der Waals surface area contributed by atoms with Gasteiger partial charge in [-0.15, -0.1) is 0 Å². The zero-order valence-corrected chi connectivity index (χ0v) is 10.7. The summed E-state index contributed by atoms with van der Waals surface area (Å²) in [5.41, 5.74) is 2.52. The van der Waals surface area contributed by atoms with Crippen LogP contribution in [0.5, 0.6) is 0 Å². The molecule has 0 aliphatic heterocycles. The van der Waals surface area contributed by atoms with Gasteiger partial charge in [-0.05, 0) is 32.4 Å². The molecule has 1 aromatic carbocycles. The molecule has 0 aliphatic rings. The SMILES string of the molecule is CCOC(=O)c1[nH]c2c(C(C)=O)cccc2c1C. The van der Waals surface area contributed by atoms with Gasteiger partial charge in [0.1, 0.15) is 5.69 Å². The van der Waals surface area contributed by atoms with Crippen LogP contribution in [0.3, 0.4) is 0 Å². The van der Waals surface area contributed by atoms with Crippen molar-refractivity contribution in [2.75, 3.05) is 6.61 Å². The number of nitrogens with one attached hydrogen (secondary N) is 1. The van der Waals surface area contributed by atoms with Crippen LogP contribution in [-0.4, -0.2) is 23.3 Å². The maximum absolute atomic E-state index is 11.8. The zero-order valence-electron chi connectivity index (χ0n) is 10.7. The number of hydrogen-bond acceptors (Lipinski definition) is 3. The third kappa shape index (κ3) is 1.90. The van der Waals surface area contributed by atoms with Gasteiger partial charge in [0.25, 0.3) is 0 Å². The number of aromatic amines is 1. The highest BCUT2D eigenvalue weighted by atomic mass is 16.5. The van der Waals surface area contributed by atoms with Crippen molar-refractivity contribution in [1.82, 2.24) is 4.98 Å². The molecule has 94 valence electrons. The van der Waals surface area contributed by atoms with Gasteiger partial charge >= 0.3 is 5.97 Å². The van der Waals surface area contributed by atoms with E-state index in [2.05, 4.69) is 4.98 Å². The predicted molar refractivity (Wildman–Crippen MR) is 69.0 cm³/mol. The minimum absolute atomic E-state index is 0.0303. The lowest BCUT2D eigenvalue weighted by atomic mass is 10.1. The molecule has 0 saturated heterocycles. The molecule has 0 aliphatic carbocycles. The lowest BCUT2D eigenvalue weighted by Crippen LogP contribution is -2.06. The molecule has 0 spiro atoms. The van der Waals surface area contributed by atoms with Gasteiger partial charge in [-0.3, -0.25) is 4.79 Å². The van der Waals surface area contributed by atoms with Gasteiger partial charge in [-0.25, -0.2) is 4.79 Å². The zero-order chi connectivity index (χ0) is 13.3. The molecular formula is C14H15NO3. The number of rotatable bonds is 3. The molecule has 0 atom stereocenters. The number of H-pyrrole nitrogens is 1. The van der Waals surface area contributed by atoms with Crippen LogP contribution in [0.15, 0.2) is 18.2 Å². The summed E-state index contributed by atoms with van der Waals surface area (Å²) in [4.78, 5) is 26.3. The number of fused-ring (bicyclic) bond motifs is 1. The average molecular weight is 245 g/mol. The summed E-state index contributed by atoms with van der Waals surface area (Å²) in [5.74, 6) is -0.419. The molecule has 18 heavy (non-hydrogen) atoms. The van der Waals surface area contributed by atoms with E-state index in [1.165, 1.54) is 6.92 Å². The molecule has 0 amide bonds. The second-order valence-corrected chi connectivity index (χ2v) is 4.13. The fourth-order valence-electron chi connectivity index (χ4n) is 2.05. The van der Waals surface area contributed by atoms with Crippen LogP contribution in [0.4, 0.5) is 0 Å². The topological polar surface area (TPSA) is 59.2 Å². The molecule has 4 heteroatoms. The van der Waals surface area contributed by atoms with E-state index in [4.69, 9.17) is 4.74 Å². The van der Waals surface area contributed by atoms with E-state index in [1.807, 2.05) is 19.1 Å². The second kappa shape index (κ2) is 4.64. The molecule has 1 heterocycles. The summed E-state index contributed by atoms with van der Waals surface area (Å²) < 4.78 is 4.98. The van der Waals surface area contributed by atoms with Crippen LogP contribution < -0.4 is 0 Å². The van der Waals surface area contributed by atoms with E-state index in [1.54, 1.807) is 13.0 Å². The van der Waals surface area contributed by atoms with E-state index in [0.29, 0.717) is 23.4 Å². The van der Waals surface area contributed by atoms with Gasteiger partial charge in [0, 0.05) is 10.9 Å². The predicted octanol–water partition coefficient (Wildman–Crippen LogP) is 2.86. The molecular weight excluding hydrogens is 230 g/mol. The second-order valence-electron chi connectivity index (χ2n) is 4.13. The lowest BCUT2D eigenvalue weighted by molar-refractivity contribution is 0.0519. The number of hydrogen-bond donors (Lipinski definition) is 1. The Morgan fingerprint density at radius 3 is 2.67 bits per heavy atom. The fourth-order valence-corrected chi connectivity index (χ4v) is 2.05.